The maximum Gasteiger partial charge on any atom is 0.256 e. The number of hydrogen-bond acceptors (Lipinski definition) is 4. The quantitative estimate of drug-likeness (QED) is 0.889. The molecular formula is C13H16FN5O. The number of hydrogen-bond donors (Lipinski definition) is 2. The second kappa shape index (κ2) is 5.68. The molecule has 20 heavy (non-hydrogen) atoms. The first kappa shape index (κ1) is 14.0. The Hall–Kier alpha value is -2.44. The predicted octanol–water partition coefficient (Wildman–Crippen LogP) is 1.57. The van der Waals surface area contributed by atoms with Crippen LogP contribution < -0.4 is 5.32 Å². The Morgan fingerprint density at radius 1 is 1.50 bits per heavy atom. The second-order valence-electron chi connectivity index (χ2n) is 4.41. The van der Waals surface area contributed by atoms with E-state index in [1.165, 1.54) is 17.0 Å². The van der Waals surface area contributed by atoms with E-state index in [1.807, 2.05) is 0 Å². The van der Waals surface area contributed by atoms with Crippen LogP contribution in [0.2, 0.25) is 0 Å². The Morgan fingerprint density at radius 3 is 2.85 bits per heavy atom. The molecule has 0 atom stereocenters. The summed E-state index contributed by atoms with van der Waals surface area (Å²) in [5.74, 6) is 0.445. The van der Waals surface area contributed by atoms with Crippen LogP contribution in [0.3, 0.4) is 0 Å². The number of amides is 1. The van der Waals surface area contributed by atoms with E-state index in [0.717, 1.165) is 0 Å². The summed E-state index contributed by atoms with van der Waals surface area (Å²) in [5, 5.41) is 9.39. The first-order valence-electron chi connectivity index (χ1n) is 6.12. The fraction of sp³-hybridized carbons (Fsp3) is 0.308. The average Bonchev–Trinajstić information content (AvgIpc) is 2.82. The first-order valence-corrected chi connectivity index (χ1v) is 6.12. The highest BCUT2D eigenvalue weighted by molar-refractivity contribution is 5.99. The molecule has 0 aliphatic carbocycles. The number of aromatic nitrogens is 3. The van der Waals surface area contributed by atoms with Gasteiger partial charge in [-0.15, -0.1) is 0 Å². The maximum atomic E-state index is 13.6. The molecule has 0 saturated heterocycles. The lowest BCUT2D eigenvalue weighted by molar-refractivity contribution is 0.0782. The number of rotatable bonds is 4. The Labute approximate surface area is 116 Å². The van der Waals surface area contributed by atoms with Crippen LogP contribution in [0.25, 0.3) is 0 Å². The van der Waals surface area contributed by atoms with E-state index in [9.17, 15) is 9.18 Å². The van der Waals surface area contributed by atoms with Crippen molar-refractivity contribution >= 4 is 11.6 Å². The number of nitrogens with zero attached hydrogens (tertiary/aromatic N) is 3. The number of aromatic amines is 1. The van der Waals surface area contributed by atoms with Crippen LogP contribution in [0, 0.1) is 12.7 Å². The summed E-state index contributed by atoms with van der Waals surface area (Å²) < 4.78 is 13.6. The molecule has 0 spiro atoms. The number of benzene rings is 1. The van der Waals surface area contributed by atoms with E-state index in [0.29, 0.717) is 11.6 Å². The topological polar surface area (TPSA) is 73.9 Å². The van der Waals surface area contributed by atoms with Gasteiger partial charge in [-0.2, -0.15) is 5.10 Å². The number of carbonyl (C=O) groups is 1. The summed E-state index contributed by atoms with van der Waals surface area (Å²) in [6.45, 7) is 2.03. The minimum absolute atomic E-state index is 0.190. The Kier molecular flexibility index (Phi) is 3.97. The van der Waals surface area contributed by atoms with E-state index in [1.54, 1.807) is 27.1 Å². The average molecular weight is 277 g/mol. The van der Waals surface area contributed by atoms with Crippen molar-refractivity contribution in [3.63, 3.8) is 0 Å². The molecule has 0 radical (unpaired) electrons. The summed E-state index contributed by atoms with van der Waals surface area (Å²) in [7, 11) is 3.20. The lowest BCUT2D eigenvalue weighted by Crippen LogP contribution is -2.27. The zero-order valence-corrected chi connectivity index (χ0v) is 11.6. The third-order valence-electron chi connectivity index (χ3n) is 2.86. The van der Waals surface area contributed by atoms with Crippen molar-refractivity contribution < 1.29 is 9.18 Å². The van der Waals surface area contributed by atoms with Crippen LogP contribution in [0.4, 0.5) is 10.1 Å². The first-order chi connectivity index (χ1) is 9.52. The normalized spacial score (nSPS) is 10.4. The molecule has 6 nitrogen and oxygen atoms in total. The minimum atomic E-state index is -0.458. The molecule has 0 fully saturated rings. The van der Waals surface area contributed by atoms with Gasteiger partial charge in [0.2, 0.25) is 0 Å². The summed E-state index contributed by atoms with van der Waals surface area (Å²) in [4.78, 5) is 17.9. The molecule has 7 heteroatoms. The van der Waals surface area contributed by atoms with Gasteiger partial charge < -0.3 is 10.2 Å². The monoisotopic (exact) mass is 277 g/mol. The van der Waals surface area contributed by atoms with Crippen molar-refractivity contribution in [2.75, 3.05) is 19.4 Å². The summed E-state index contributed by atoms with van der Waals surface area (Å²) in [6, 6.07) is 4.40. The number of anilines is 1. The molecule has 0 saturated carbocycles. The van der Waals surface area contributed by atoms with Gasteiger partial charge in [-0.05, 0) is 19.1 Å². The molecule has 1 aromatic carbocycles. The van der Waals surface area contributed by atoms with Crippen LogP contribution in [0.5, 0.6) is 0 Å². The van der Waals surface area contributed by atoms with Crippen LogP contribution in [0.1, 0.15) is 22.0 Å². The van der Waals surface area contributed by atoms with Crippen molar-refractivity contribution in [1.29, 1.82) is 0 Å². The predicted molar refractivity (Wildman–Crippen MR) is 72.9 cm³/mol. The fourth-order valence-corrected chi connectivity index (χ4v) is 1.91. The van der Waals surface area contributed by atoms with E-state index < -0.39 is 5.82 Å². The highest BCUT2D eigenvalue weighted by atomic mass is 19.1. The number of nitrogens with one attached hydrogen (secondary N) is 2. The molecule has 2 aromatic rings. The van der Waals surface area contributed by atoms with E-state index in [2.05, 4.69) is 20.5 Å². The summed E-state index contributed by atoms with van der Waals surface area (Å²) in [6.07, 6.45) is 0. The molecule has 0 aliphatic rings. The van der Waals surface area contributed by atoms with Gasteiger partial charge in [-0.25, -0.2) is 9.37 Å². The van der Waals surface area contributed by atoms with E-state index >= 15 is 0 Å². The zero-order chi connectivity index (χ0) is 14.7. The van der Waals surface area contributed by atoms with Gasteiger partial charge in [0.15, 0.2) is 5.82 Å². The molecule has 0 aliphatic heterocycles. The van der Waals surface area contributed by atoms with E-state index in [4.69, 9.17) is 0 Å². The minimum Gasteiger partial charge on any atom is -0.385 e. The smallest absolute Gasteiger partial charge is 0.256 e. The van der Waals surface area contributed by atoms with Crippen molar-refractivity contribution in [2.45, 2.75) is 13.5 Å². The SMILES string of the molecule is CNc1c(F)cccc1C(=O)N(C)Cc1n[nH]c(C)n1. The highest BCUT2D eigenvalue weighted by Gasteiger charge is 2.19. The molecule has 1 aromatic heterocycles. The number of H-pyrrole nitrogens is 1. The summed E-state index contributed by atoms with van der Waals surface area (Å²) >= 11 is 0. The lowest BCUT2D eigenvalue weighted by atomic mass is 10.1. The van der Waals surface area contributed by atoms with Crippen molar-refractivity contribution in [1.82, 2.24) is 20.1 Å². The molecule has 0 unspecified atom stereocenters. The molecular weight excluding hydrogens is 261 g/mol. The number of carbonyl (C=O) groups excluding carboxylic acids is 1. The molecule has 1 heterocycles. The van der Waals surface area contributed by atoms with E-state index in [-0.39, 0.29) is 23.7 Å². The van der Waals surface area contributed by atoms with Crippen molar-refractivity contribution in [3.05, 3.63) is 41.2 Å². The lowest BCUT2D eigenvalue weighted by Gasteiger charge is -2.17. The zero-order valence-electron chi connectivity index (χ0n) is 11.6. The Bertz CT molecular complexity index is 625. The number of halogens is 1. The Morgan fingerprint density at radius 2 is 2.25 bits per heavy atom. The second-order valence-corrected chi connectivity index (χ2v) is 4.41. The van der Waals surface area contributed by atoms with Gasteiger partial charge in [-0.1, -0.05) is 6.07 Å². The maximum absolute atomic E-state index is 13.6. The van der Waals surface area contributed by atoms with Gasteiger partial charge >= 0.3 is 0 Å². The van der Waals surface area contributed by atoms with Crippen molar-refractivity contribution in [2.24, 2.45) is 0 Å². The van der Waals surface area contributed by atoms with Crippen LogP contribution in [-0.2, 0) is 6.54 Å². The van der Waals surface area contributed by atoms with Crippen LogP contribution in [0.15, 0.2) is 18.2 Å². The van der Waals surface area contributed by atoms with Crippen LogP contribution >= 0.6 is 0 Å². The van der Waals surface area contributed by atoms with Gasteiger partial charge in [0.1, 0.15) is 11.6 Å². The third kappa shape index (κ3) is 2.76. The Balaban J connectivity index is 2.20. The van der Waals surface area contributed by atoms with Gasteiger partial charge in [0.05, 0.1) is 17.8 Å². The van der Waals surface area contributed by atoms with Crippen molar-refractivity contribution in [3.8, 4) is 0 Å². The number of para-hydroxylation sites is 1. The molecule has 2 N–H and O–H groups in total. The molecule has 106 valence electrons. The number of aryl methyl sites for hydroxylation is 1. The molecule has 2 rings (SSSR count). The van der Waals surface area contributed by atoms with Gasteiger partial charge in [0, 0.05) is 14.1 Å². The molecule has 1 amide bonds. The highest BCUT2D eigenvalue weighted by Crippen LogP contribution is 2.20. The third-order valence-corrected chi connectivity index (χ3v) is 2.86. The van der Waals surface area contributed by atoms with Gasteiger partial charge in [-0.3, -0.25) is 9.89 Å². The van der Waals surface area contributed by atoms with Gasteiger partial charge in [0.25, 0.3) is 5.91 Å². The van der Waals surface area contributed by atoms with Crippen LogP contribution in [-0.4, -0.2) is 40.1 Å². The molecule has 0 bridgehead atoms. The summed E-state index contributed by atoms with van der Waals surface area (Å²) in [5.41, 5.74) is 0.470. The fourth-order valence-electron chi connectivity index (χ4n) is 1.91. The largest absolute Gasteiger partial charge is 0.385 e. The standard InChI is InChI=1S/C13H16FN5O/c1-8-16-11(18-17-8)7-19(3)13(20)9-5-4-6-10(14)12(9)15-2/h4-6,15H,7H2,1-3H3,(H,16,17,18).